The van der Waals surface area contributed by atoms with Crippen LogP contribution in [0.5, 0.6) is 0 Å². The van der Waals surface area contributed by atoms with Gasteiger partial charge in [0.2, 0.25) is 0 Å². The standard InChI is InChI=1S/C9H13N/c1-2-8-3-5-9(7-10)6-4-8/h3,9H,2,4-6H2,1H3. The number of nitrogens with zero attached hydrogens (tertiary/aromatic N) is 1. The van der Waals surface area contributed by atoms with Gasteiger partial charge in [0.05, 0.1) is 12.0 Å². The van der Waals surface area contributed by atoms with E-state index in [1.54, 1.807) is 0 Å². The van der Waals surface area contributed by atoms with Crippen LogP contribution in [-0.2, 0) is 0 Å². The fourth-order valence-electron chi connectivity index (χ4n) is 1.33. The van der Waals surface area contributed by atoms with Crippen molar-refractivity contribution in [1.82, 2.24) is 0 Å². The fourth-order valence-corrected chi connectivity index (χ4v) is 1.33. The first-order valence-corrected chi connectivity index (χ1v) is 3.94. The summed E-state index contributed by atoms with van der Waals surface area (Å²) in [6.45, 7) is 2.18. The molecule has 10 heavy (non-hydrogen) atoms. The van der Waals surface area contributed by atoms with Crippen LogP contribution in [0.25, 0.3) is 0 Å². The molecule has 0 fully saturated rings. The highest BCUT2D eigenvalue weighted by Crippen LogP contribution is 2.24. The Morgan fingerprint density at radius 3 is 3.00 bits per heavy atom. The van der Waals surface area contributed by atoms with Crippen molar-refractivity contribution < 1.29 is 0 Å². The largest absolute Gasteiger partial charge is 0.198 e. The zero-order valence-electron chi connectivity index (χ0n) is 6.43. The maximum absolute atomic E-state index is 8.57. The van der Waals surface area contributed by atoms with E-state index >= 15 is 0 Å². The number of nitriles is 1. The number of hydrogen-bond donors (Lipinski definition) is 0. The molecular weight excluding hydrogens is 122 g/mol. The molecule has 1 aliphatic rings. The highest BCUT2D eigenvalue weighted by atomic mass is 14.3. The zero-order valence-corrected chi connectivity index (χ0v) is 6.43. The topological polar surface area (TPSA) is 23.8 Å². The minimum absolute atomic E-state index is 0.301. The summed E-state index contributed by atoms with van der Waals surface area (Å²) >= 11 is 0. The first-order chi connectivity index (χ1) is 4.86. The van der Waals surface area contributed by atoms with E-state index in [0.29, 0.717) is 5.92 Å². The maximum atomic E-state index is 8.57. The predicted molar refractivity (Wildman–Crippen MR) is 41.3 cm³/mol. The summed E-state index contributed by atoms with van der Waals surface area (Å²) in [5.74, 6) is 0.301. The van der Waals surface area contributed by atoms with Crippen molar-refractivity contribution in [2.75, 3.05) is 0 Å². The SMILES string of the molecule is CCC1=CCC(C#N)CC1. The predicted octanol–water partition coefficient (Wildman–Crippen LogP) is 2.65. The second-order valence-corrected chi connectivity index (χ2v) is 2.82. The van der Waals surface area contributed by atoms with Crippen molar-refractivity contribution in [3.63, 3.8) is 0 Å². The molecule has 1 aliphatic carbocycles. The van der Waals surface area contributed by atoms with Crippen LogP contribution in [0.15, 0.2) is 11.6 Å². The van der Waals surface area contributed by atoms with Crippen molar-refractivity contribution in [3.05, 3.63) is 11.6 Å². The average Bonchev–Trinajstić information content (AvgIpc) is 2.05. The van der Waals surface area contributed by atoms with Crippen molar-refractivity contribution in [2.45, 2.75) is 32.6 Å². The molecule has 0 aromatic rings. The van der Waals surface area contributed by atoms with E-state index in [-0.39, 0.29) is 0 Å². The fraction of sp³-hybridized carbons (Fsp3) is 0.667. The van der Waals surface area contributed by atoms with E-state index in [1.807, 2.05) is 0 Å². The summed E-state index contributed by atoms with van der Waals surface area (Å²) in [6, 6.07) is 2.30. The molecule has 0 aromatic carbocycles. The molecule has 0 heterocycles. The number of rotatable bonds is 1. The molecule has 0 radical (unpaired) electrons. The molecule has 0 saturated carbocycles. The molecule has 1 rings (SSSR count). The summed E-state index contributed by atoms with van der Waals surface area (Å²) < 4.78 is 0. The first kappa shape index (κ1) is 7.34. The molecule has 0 saturated heterocycles. The van der Waals surface area contributed by atoms with Gasteiger partial charge in [-0.1, -0.05) is 18.6 Å². The Labute approximate surface area is 62.4 Å². The van der Waals surface area contributed by atoms with Crippen LogP contribution in [-0.4, -0.2) is 0 Å². The third kappa shape index (κ3) is 1.60. The Hall–Kier alpha value is -0.770. The molecule has 1 unspecified atom stereocenters. The Balaban J connectivity index is 2.46. The van der Waals surface area contributed by atoms with Crippen LogP contribution in [0.1, 0.15) is 32.6 Å². The third-order valence-electron chi connectivity index (χ3n) is 2.14. The highest BCUT2D eigenvalue weighted by molar-refractivity contribution is 5.08. The van der Waals surface area contributed by atoms with E-state index in [0.717, 1.165) is 25.7 Å². The second-order valence-electron chi connectivity index (χ2n) is 2.82. The van der Waals surface area contributed by atoms with Crippen LogP contribution in [0.2, 0.25) is 0 Å². The van der Waals surface area contributed by atoms with Gasteiger partial charge in [0.1, 0.15) is 0 Å². The molecule has 0 aromatic heterocycles. The van der Waals surface area contributed by atoms with Gasteiger partial charge in [0.15, 0.2) is 0 Å². The lowest BCUT2D eigenvalue weighted by Gasteiger charge is -2.14. The van der Waals surface area contributed by atoms with Gasteiger partial charge in [-0.2, -0.15) is 5.26 Å². The van der Waals surface area contributed by atoms with Gasteiger partial charge in [-0.3, -0.25) is 0 Å². The molecule has 54 valence electrons. The molecule has 0 aliphatic heterocycles. The van der Waals surface area contributed by atoms with Crippen molar-refractivity contribution >= 4 is 0 Å². The highest BCUT2D eigenvalue weighted by Gasteiger charge is 2.11. The lowest BCUT2D eigenvalue weighted by atomic mass is 9.90. The molecule has 0 spiro atoms. The smallest absolute Gasteiger partial charge is 0.0659 e. The Kier molecular flexibility index (Phi) is 2.50. The monoisotopic (exact) mass is 135 g/mol. The van der Waals surface area contributed by atoms with Crippen LogP contribution in [0, 0.1) is 17.2 Å². The second kappa shape index (κ2) is 3.41. The van der Waals surface area contributed by atoms with E-state index in [4.69, 9.17) is 5.26 Å². The lowest BCUT2D eigenvalue weighted by Crippen LogP contribution is -2.02. The molecule has 1 nitrogen and oxygen atoms in total. The van der Waals surface area contributed by atoms with Crippen LogP contribution in [0.4, 0.5) is 0 Å². The molecule has 1 atom stereocenters. The molecule has 1 heteroatoms. The summed E-state index contributed by atoms with van der Waals surface area (Å²) in [4.78, 5) is 0. The average molecular weight is 135 g/mol. The van der Waals surface area contributed by atoms with Crippen LogP contribution >= 0.6 is 0 Å². The van der Waals surface area contributed by atoms with Gasteiger partial charge < -0.3 is 0 Å². The van der Waals surface area contributed by atoms with Gasteiger partial charge in [0.25, 0.3) is 0 Å². The Bertz CT molecular complexity index is 174. The van der Waals surface area contributed by atoms with Gasteiger partial charge >= 0.3 is 0 Å². The van der Waals surface area contributed by atoms with E-state index in [2.05, 4.69) is 19.1 Å². The summed E-state index contributed by atoms with van der Waals surface area (Å²) in [5, 5.41) is 8.57. The van der Waals surface area contributed by atoms with E-state index in [1.165, 1.54) is 5.57 Å². The molecule has 0 amide bonds. The zero-order chi connectivity index (χ0) is 7.40. The van der Waals surface area contributed by atoms with Gasteiger partial charge in [-0.15, -0.1) is 0 Å². The van der Waals surface area contributed by atoms with Gasteiger partial charge in [-0.05, 0) is 25.7 Å². The van der Waals surface area contributed by atoms with Crippen molar-refractivity contribution in [3.8, 4) is 6.07 Å². The Morgan fingerprint density at radius 1 is 1.80 bits per heavy atom. The van der Waals surface area contributed by atoms with Gasteiger partial charge in [-0.25, -0.2) is 0 Å². The summed E-state index contributed by atoms with van der Waals surface area (Å²) in [6.07, 6.45) is 6.61. The minimum atomic E-state index is 0.301. The minimum Gasteiger partial charge on any atom is -0.198 e. The van der Waals surface area contributed by atoms with E-state index in [9.17, 15) is 0 Å². The van der Waals surface area contributed by atoms with Crippen LogP contribution < -0.4 is 0 Å². The molecule has 0 bridgehead atoms. The lowest BCUT2D eigenvalue weighted by molar-refractivity contribution is 0.570. The number of hydrogen-bond acceptors (Lipinski definition) is 1. The van der Waals surface area contributed by atoms with E-state index < -0.39 is 0 Å². The van der Waals surface area contributed by atoms with Crippen LogP contribution in [0.3, 0.4) is 0 Å². The normalized spacial score (nSPS) is 25.2. The quantitative estimate of drug-likeness (QED) is 0.507. The molecular formula is C9H13N. The van der Waals surface area contributed by atoms with Gasteiger partial charge in [0, 0.05) is 0 Å². The third-order valence-corrected chi connectivity index (χ3v) is 2.14. The summed E-state index contributed by atoms with van der Waals surface area (Å²) in [5.41, 5.74) is 1.53. The Morgan fingerprint density at radius 2 is 2.60 bits per heavy atom. The summed E-state index contributed by atoms with van der Waals surface area (Å²) in [7, 11) is 0. The molecule has 0 N–H and O–H groups in total. The first-order valence-electron chi connectivity index (χ1n) is 3.94. The number of allylic oxidation sites excluding steroid dienone is 2. The van der Waals surface area contributed by atoms with Crippen molar-refractivity contribution in [1.29, 1.82) is 5.26 Å². The van der Waals surface area contributed by atoms with Crippen molar-refractivity contribution in [2.24, 2.45) is 5.92 Å². The maximum Gasteiger partial charge on any atom is 0.0659 e.